The van der Waals surface area contributed by atoms with Crippen LogP contribution < -0.4 is 14.2 Å². The molecule has 0 atom stereocenters. The highest BCUT2D eigenvalue weighted by Crippen LogP contribution is 2.39. The second-order valence-corrected chi connectivity index (χ2v) is 9.68. The number of aromatic nitrogens is 4. The van der Waals surface area contributed by atoms with Gasteiger partial charge in [0, 0.05) is 24.2 Å². The summed E-state index contributed by atoms with van der Waals surface area (Å²) in [5.41, 5.74) is 1.50. The molecule has 0 unspecified atom stereocenters. The van der Waals surface area contributed by atoms with Crippen LogP contribution in [0.25, 0.3) is 11.4 Å². The molecule has 0 aliphatic heterocycles. The lowest BCUT2D eigenvalue weighted by molar-refractivity contribution is 0.378. The Hall–Kier alpha value is -3.76. The van der Waals surface area contributed by atoms with E-state index in [2.05, 4.69) is 24.7 Å². The first-order valence-corrected chi connectivity index (χ1v) is 12.4. The van der Waals surface area contributed by atoms with Crippen LogP contribution in [0.3, 0.4) is 0 Å². The van der Waals surface area contributed by atoms with Crippen LogP contribution >= 0.6 is 11.6 Å². The molecule has 0 amide bonds. The van der Waals surface area contributed by atoms with Crippen LogP contribution in [0.1, 0.15) is 25.3 Å². The van der Waals surface area contributed by atoms with Gasteiger partial charge in [0.1, 0.15) is 0 Å². The van der Waals surface area contributed by atoms with E-state index >= 15 is 0 Å². The molecule has 4 rings (SSSR count). The summed E-state index contributed by atoms with van der Waals surface area (Å²) in [7, 11) is -2.65. The molecule has 9 nitrogen and oxygen atoms in total. The maximum atomic E-state index is 13.2. The van der Waals surface area contributed by atoms with Crippen LogP contribution in [0.4, 0.5) is 5.82 Å². The van der Waals surface area contributed by atoms with Gasteiger partial charge in [0.25, 0.3) is 10.0 Å². The third-order valence-electron chi connectivity index (χ3n) is 4.98. The summed E-state index contributed by atoms with van der Waals surface area (Å²) >= 11 is 6.48. The number of para-hydroxylation sites is 2. The van der Waals surface area contributed by atoms with Crippen LogP contribution in [0, 0.1) is 0 Å². The number of hydrogen-bond acceptors (Lipinski definition) is 8. The zero-order valence-electron chi connectivity index (χ0n) is 19.1. The molecule has 3 aromatic heterocycles. The van der Waals surface area contributed by atoms with E-state index in [4.69, 9.17) is 21.1 Å². The molecule has 1 aromatic carbocycles. The molecule has 35 heavy (non-hydrogen) atoms. The summed E-state index contributed by atoms with van der Waals surface area (Å²) in [6.07, 6.45) is 4.66. The van der Waals surface area contributed by atoms with Gasteiger partial charge in [0.05, 0.1) is 7.11 Å². The summed E-state index contributed by atoms with van der Waals surface area (Å²) < 4.78 is 40.1. The Bertz CT molecular complexity index is 1430. The average molecular weight is 512 g/mol. The van der Waals surface area contributed by atoms with Crippen molar-refractivity contribution >= 4 is 27.4 Å². The second-order valence-electron chi connectivity index (χ2n) is 7.69. The van der Waals surface area contributed by atoms with E-state index in [0.717, 1.165) is 5.56 Å². The Kier molecular flexibility index (Phi) is 7.13. The lowest BCUT2D eigenvalue weighted by Gasteiger charge is -2.16. The molecular formula is C24H22ClN5O4S. The molecule has 3 heterocycles. The van der Waals surface area contributed by atoms with Crippen LogP contribution in [-0.4, -0.2) is 35.5 Å². The van der Waals surface area contributed by atoms with E-state index in [-0.39, 0.29) is 33.5 Å². The lowest BCUT2D eigenvalue weighted by atomic mass is 10.1. The fourth-order valence-electron chi connectivity index (χ4n) is 3.10. The molecule has 0 aliphatic carbocycles. The molecule has 0 fully saturated rings. The van der Waals surface area contributed by atoms with E-state index in [1.165, 1.54) is 19.4 Å². The summed E-state index contributed by atoms with van der Waals surface area (Å²) in [6, 6.07) is 13.4. The Balaban J connectivity index is 1.80. The third kappa shape index (κ3) is 5.50. The van der Waals surface area contributed by atoms with Crippen molar-refractivity contribution in [3.05, 3.63) is 77.8 Å². The van der Waals surface area contributed by atoms with Gasteiger partial charge in [-0.25, -0.2) is 15.0 Å². The number of halogens is 1. The van der Waals surface area contributed by atoms with E-state index in [1.807, 2.05) is 13.8 Å². The first-order valence-electron chi connectivity index (χ1n) is 10.6. The van der Waals surface area contributed by atoms with Crippen molar-refractivity contribution < 1.29 is 17.9 Å². The molecule has 11 heteroatoms. The van der Waals surface area contributed by atoms with Gasteiger partial charge in [0.2, 0.25) is 5.75 Å². The minimum absolute atomic E-state index is 0.0867. The van der Waals surface area contributed by atoms with Crippen LogP contribution in [0.5, 0.6) is 17.2 Å². The quantitative estimate of drug-likeness (QED) is 0.316. The highest BCUT2D eigenvalue weighted by molar-refractivity contribution is 7.92. The summed E-state index contributed by atoms with van der Waals surface area (Å²) in [5, 5.41) is -0.274. The maximum Gasteiger partial charge on any atom is 0.280 e. The predicted molar refractivity (Wildman–Crippen MR) is 132 cm³/mol. The van der Waals surface area contributed by atoms with Crippen molar-refractivity contribution in [2.45, 2.75) is 24.8 Å². The Morgan fingerprint density at radius 2 is 1.69 bits per heavy atom. The lowest BCUT2D eigenvalue weighted by Crippen LogP contribution is -2.17. The van der Waals surface area contributed by atoms with E-state index in [0.29, 0.717) is 17.1 Å². The van der Waals surface area contributed by atoms with Crippen molar-refractivity contribution in [3.63, 3.8) is 0 Å². The molecule has 180 valence electrons. The normalized spacial score (nSPS) is 11.3. The Labute approximate surface area is 208 Å². The highest BCUT2D eigenvalue weighted by Gasteiger charge is 2.24. The van der Waals surface area contributed by atoms with E-state index in [1.54, 1.807) is 54.9 Å². The average Bonchev–Trinajstić information content (AvgIpc) is 2.86. The molecule has 0 saturated carbocycles. The zero-order chi connectivity index (χ0) is 25.0. The smallest absolute Gasteiger partial charge is 0.280 e. The number of rotatable bonds is 8. The fraction of sp³-hybridized carbons (Fsp3) is 0.167. The highest BCUT2D eigenvalue weighted by atomic mass is 35.5. The van der Waals surface area contributed by atoms with Gasteiger partial charge in [0.15, 0.2) is 33.3 Å². The molecule has 0 spiro atoms. The SMILES string of the molecule is COc1ccccc1Oc1c(Cl)nc(-c2ccncc2)nc1NS(=O)(=O)c1ccc(C(C)C)cn1. The standard InChI is InChI=1S/C24H22ClN5O4S/c1-15(2)17-8-9-20(27-14-17)35(31,32)30-24-21(34-19-7-5-4-6-18(19)33-3)22(25)28-23(29-24)16-10-12-26-13-11-16/h4-15H,1-3H3,(H,28,29,30). The summed E-state index contributed by atoms with van der Waals surface area (Å²) in [4.78, 5) is 16.8. The molecule has 0 radical (unpaired) electrons. The van der Waals surface area contributed by atoms with Gasteiger partial charge in [-0.2, -0.15) is 8.42 Å². The largest absolute Gasteiger partial charge is 0.493 e. The molecule has 0 saturated heterocycles. The van der Waals surface area contributed by atoms with Crippen molar-refractivity contribution in [2.24, 2.45) is 0 Å². The number of methoxy groups -OCH3 is 1. The van der Waals surface area contributed by atoms with Gasteiger partial charge < -0.3 is 9.47 Å². The molecule has 0 aliphatic rings. The number of pyridine rings is 2. The van der Waals surface area contributed by atoms with E-state index < -0.39 is 10.0 Å². The first-order chi connectivity index (χ1) is 16.8. The number of sulfonamides is 1. The first kappa shape index (κ1) is 24.4. The monoisotopic (exact) mass is 511 g/mol. The number of benzene rings is 1. The van der Waals surface area contributed by atoms with Crippen molar-refractivity contribution in [1.29, 1.82) is 0 Å². The minimum Gasteiger partial charge on any atom is -0.493 e. The number of nitrogens with one attached hydrogen (secondary N) is 1. The number of hydrogen-bond donors (Lipinski definition) is 1. The minimum atomic E-state index is -4.14. The molecule has 1 N–H and O–H groups in total. The number of nitrogens with zero attached hydrogens (tertiary/aromatic N) is 4. The van der Waals surface area contributed by atoms with E-state index in [9.17, 15) is 8.42 Å². The topological polar surface area (TPSA) is 116 Å². The Morgan fingerprint density at radius 1 is 0.971 bits per heavy atom. The maximum absolute atomic E-state index is 13.2. The number of ether oxygens (including phenoxy) is 2. The Morgan fingerprint density at radius 3 is 2.31 bits per heavy atom. The van der Waals surface area contributed by atoms with Gasteiger partial charge >= 0.3 is 0 Å². The van der Waals surface area contributed by atoms with Gasteiger partial charge in [-0.3, -0.25) is 9.71 Å². The molecule has 0 bridgehead atoms. The van der Waals surface area contributed by atoms with Gasteiger partial charge in [-0.1, -0.05) is 43.6 Å². The second kappa shape index (κ2) is 10.2. The van der Waals surface area contributed by atoms with Crippen molar-refractivity contribution in [3.8, 4) is 28.6 Å². The predicted octanol–water partition coefficient (Wildman–Crippen LogP) is 5.31. The summed E-state index contributed by atoms with van der Waals surface area (Å²) in [6.45, 7) is 3.99. The number of anilines is 1. The van der Waals surface area contributed by atoms with Crippen molar-refractivity contribution in [1.82, 2.24) is 19.9 Å². The van der Waals surface area contributed by atoms with Gasteiger partial charge in [-0.15, -0.1) is 0 Å². The van der Waals surface area contributed by atoms with Gasteiger partial charge in [-0.05, 0) is 41.8 Å². The third-order valence-corrected chi connectivity index (χ3v) is 6.49. The zero-order valence-corrected chi connectivity index (χ0v) is 20.7. The van der Waals surface area contributed by atoms with Crippen LogP contribution in [-0.2, 0) is 10.0 Å². The summed E-state index contributed by atoms with van der Waals surface area (Å²) in [5.74, 6) is 0.870. The van der Waals surface area contributed by atoms with Crippen LogP contribution in [0.2, 0.25) is 5.15 Å². The molecular weight excluding hydrogens is 490 g/mol. The van der Waals surface area contributed by atoms with Crippen LogP contribution in [0.15, 0.2) is 72.1 Å². The fourth-order valence-corrected chi connectivity index (χ4v) is 4.24. The van der Waals surface area contributed by atoms with Crippen molar-refractivity contribution in [2.75, 3.05) is 11.8 Å². The molecule has 4 aromatic rings.